The first kappa shape index (κ1) is 13.7. The van der Waals surface area contributed by atoms with Gasteiger partial charge in [0.25, 0.3) is 5.91 Å². The van der Waals surface area contributed by atoms with E-state index in [1.165, 1.54) is 11.3 Å². The zero-order valence-electron chi connectivity index (χ0n) is 11.7. The van der Waals surface area contributed by atoms with Crippen LogP contribution in [0.1, 0.15) is 20.8 Å². The van der Waals surface area contributed by atoms with Gasteiger partial charge in [0.2, 0.25) is 0 Å². The second kappa shape index (κ2) is 5.06. The van der Waals surface area contributed by atoms with Gasteiger partial charge in [-0.25, -0.2) is 9.59 Å². The minimum Gasteiger partial charge on any atom is -0.457 e. The van der Waals surface area contributed by atoms with Crippen LogP contribution in [0.4, 0.5) is 4.79 Å². The molecule has 1 saturated heterocycles. The van der Waals surface area contributed by atoms with Crippen molar-refractivity contribution in [1.29, 1.82) is 0 Å². The topological polar surface area (TPSA) is 84.5 Å². The van der Waals surface area contributed by atoms with Gasteiger partial charge in [-0.3, -0.25) is 10.1 Å². The van der Waals surface area contributed by atoms with Gasteiger partial charge in [-0.2, -0.15) is 0 Å². The molecule has 1 aromatic carbocycles. The number of carbonyl (C=O) groups is 3. The molecule has 2 N–H and O–H groups in total. The number of fused-ring (bicyclic) bond motifs is 1. The smallest absolute Gasteiger partial charge is 0.338 e. The number of imide groups is 1. The van der Waals surface area contributed by atoms with Crippen LogP contribution < -0.4 is 10.6 Å². The lowest BCUT2D eigenvalue weighted by Gasteiger charge is -1.99. The summed E-state index contributed by atoms with van der Waals surface area (Å²) in [6.07, 6.45) is 1.63. The van der Waals surface area contributed by atoms with Gasteiger partial charge in [0.15, 0.2) is 0 Å². The SMILES string of the molecule is O=C1NC(=O)/C(=C\c2ccc(-c3ccc4c(c3)COC4=O)s2)N1. The Labute approximate surface area is 134 Å². The van der Waals surface area contributed by atoms with E-state index in [0.717, 1.165) is 20.9 Å². The summed E-state index contributed by atoms with van der Waals surface area (Å²) in [4.78, 5) is 35.9. The predicted molar refractivity (Wildman–Crippen MR) is 83.5 cm³/mol. The van der Waals surface area contributed by atoms with E-state index in [4.69, 9.17) is 4.74 Å². The third-order valence-electron chi connectivity index (χ3n) is 3.60. The lowest BCUT2D eigenvalue weighted by Crippen LogP contribution is -2.22. The molecule has 1 aromatic heterocycles. The fraction of sp³-hybridized carbons (Fsp3) is 0.0625. The number of amides is 3. The summed E-state index contributed by atoms with van der Waals surface area (Å²) in [5.74, 6) is -0.718. The van der Waals surface area contributed by atoms with Gasteiger partial charge < -0.3 is 10.1 Å². The number of rotatable bonds is 2. The summed E-state index contributed by atoms with van der Waals surface area (Å²) in [5, 5.41) is 4.61. The van der Waals surface area contributed by atoms with E-state index in [0.29, 0.717) is 12.2 Å². The molecule has 0 unspecified atom stereocenters. The molecule has 2 aliphatic heterocycles. The Hall–Kier alpha value is -2.93. The Morgan fingerprint density at radius 2 is 1.96 bits per heavy atom. The van der Waals surface area contributed by atoms with Crippen LogP contribution in [0.15, 0.2) is 36.0 Å². The van der Waals surface area contributed by atoms with Crippen molar-refractivity contribution in [2.45, 2.75) is 6.61 Å². The summed E-state index contributed by atoms with van der Waals surface area (Å²) >= 11 is 1.49. The number of ether oxygens (including phenoxy) is 1. The van der Waals surface area contributed by atoms with E-state index in [1.807, 2.05) is 24.3 Å². The fourth-order valence-corrected chi connectivity index (χ4v) is 3.44. The van der Waals surface area contributed by atoms with Gasteiger partial charge in [0, 0.05) is 15.3 Å². The van der Waals surface area contributed by atoms with E-state index in [2.05, 4.69) is 10.6 Å². The summed E-state index contributed by atoms with van der Waals surface area (Å²) < 4.78 is 5.00. The number of hydrogen-bond donors (Lipinski definition) is 2. The maximum Gasteiger partial charge on any atom is 0.338 e. The number of esters is 1. The lowest BCUT2D eigenvalue weighted by molar-refractivity contribution is -0.115. The molecule has 0 bridgehead atoms. The first-order chi connectivity index (χ1) is 11.1. The molecular formula is C16H10N2O4S. The van der Waals surface area contributed by atoms with Crippen LogP contribution in [0.3, 0.4) is 0 Å². The molecule has 3 heterocycles. The summed E-state index contributed by atoms with van der Waals surface area (Å²) in [7, 11) is 0. The highest BCUT2D eigenvalue weighted by Gasteiger charge is 2.23. The van der Waals surface area contributed by atoms with Crippen LogP contribution in [0, 0.1) is 0 Å². The Balaban J connectivity index is 1.64. The summed E-state index contributed by atoms with van der Waals surface area (Å²) in [5.41, 5.74) is 2.70. The summed E-state index contributed by atoms with van der Waals surface area (Å²) in [6, 6.07) is 8.87. The maximum absolute atomic E-state index is 11.5. The molecule has 23 heavy (non-hydrogen) atoms. The van der Waals surface area contributed by atoms with Crippen LogP contribution >= 0.6 is 11.3 Å². The first-order valence-corrected chi connectivity index (χ1v) is 7.66. The Morgan fingerprint density at radius 1 is 1.09 bits per heavy atom. The van der Waals surface area contributed by atoms with Crippen molar-refractivity contribution in [1.82, 2.24) is 10.6 Å². The van der Waals surface area contributed by atoms with E-state index in [-0.39, 0.29) is 11.7 Å². The Morgan fingerprint density at radius 3 is 2.74 bits per heavy atom. The molecule has 1 fully saturated rings. The molecule has 3 amide bonds. The van der Waals surface area contributed by atoms with Crippen molar-refractivity contribution >= 4 is 35.3 Å². The van der Waals surface area contributed by atoms with Gasteiger partial charge >= 0.3 is 12.0 Å². The first-order valence-electron chi connectivity index (χ1n) is 6.84. The van der Waals surface area contributed by atoms with Crippen molar-refractivity contribution < 1.29 is 19.1 Å². The molecule has 4 rings (SSSR count). The zero-order chi connectivity index (χ0) is 16.0. The van der Waals surface area contributed by atoms with Crippen molar-refractivity contribution in [2.75, 3.05) is 0 Å². The van der Waals surface area contributed by atoms with Gasteiger partial charge in [-0.05, 0) is 35.9 Å². The number of urea groups is 1. The average molecular weight is 326 g/mol. The number of nitrogens with one attached hydrogen (secondary N) is 2. The maximum atomic E-state index is 11.5. The number of hydrogen-bond acceptors (Lipinski definition) is 5. The van der Waals surface area contributed by atoms with Gasteiger partial charge in [-0.1, -0.05) is 6.07 Å². The van der Waals surface area contributed by atoms with Crippen molar-refractivity contribution in [3.8, 4) is 10.4 Å². The third kappa shape index (κ3) is 2.40. The monoisotopic (exact) mass is 326 g/mol. The fourth-order valence-electron chi connectivity index (χ4n) is 2.50. The molecule has 6 nitrogen and oxygen atoms in total. The molecule has 0 atom stereocenters. The van der Waals surface area contributed by atoms with Crippen molar-refractivity contribution in [3.63, 3.8) is 0 Å². The van der Waals surface area contributed by atoms with Crippen molar-refractivity contribution in [3.05, 3.63) is 52.0 Å². The van der Waals surface area contributed by atoms with Crippen LogP contribution in [0.5, 0.6) is 0 Å². The second-order valence-corrected chi connectivity index (χ2v) is 6.23. The lowest BCUT2D eigenvalue weighted by atomic mass is 10.1. The molecule has 114 valence electrons. The van der Waals surface area contributed by atoms with Crippen molar-refractivity contribution in [2.24, 2.45) is 0 Å². The number of thiophene rings is 1. The largest absolute Gasteiger partial charge is 0.457 e. The standard InChI is InChI=1S/C16H10N2O4S/c19-14-12(17-16(21)18-14)6-10-2-4-13(23-10)8-1-3-11-9(5-8)7-22-15(11)20/h1-6H,7H2,(H2,17,18,19,21)/b12-6+. The molecule has 2 aromatic rings. The molecule has 7 heteroatoms. The average Bonchev–Trinajstić information content (AvgIpc) is 3.21. The molecule has 0 spiro atoms. The zero-order valence-corrected chi connectivity index (χ0v) is 12.5. The second-order valence-electron chi connectivity index (χ2n) is 5.12. The van der Waals surface area contributed by atoms with Crippen LogP contribution in [0.25, 0.3) is 16.5 Å². The Bertz CT molecular complexity index is 897. The minimum absolute atomic E-state index is 0.233. The minimum atomic E-state index is -0.513. The molecule has 0 aliphatic carbocycles. The van der Waals surface area contributed by atoms with Gasteiger partial charge in [0.1, 0.15) is 12.3 Å². The van der Waals surface area contributed by atoms with E-state index >= 15 is 0 Å². The van der Waals surface area contributed by atoms with Crippen LogP contribution in [-0.2, 0) is 16.1 Å². The Kier molecular flexibility index (Phi) is 3.02. The molecular weight excluding hydrogens is 316 g/mol. The molecule has 0 saturated carbocycles. The van der Waals surface area contributed by atoms with Gasteiger partial charge in [0.05, 0.1) is 5.56 Å². The number of carbonyl (C=O) groups excluding carboxylic acids is 3. The highest BCUT2D eigenvalue weighted by atomic mass is 32.1. The van der Waals surface area contributed by atoms with Crippen LogP contribution in [-0.4, -0.2) is 17.9 Å². The molecule has 2 aliphatic rings. The normalized spacial score (nSPS) is 17.9. The highest BCUT2D eigenvalue weighted by Crippen LogP contribution is 2.32. The predicted octanol–water partition coefficient (Wildman–Crippen LogP) is 2.27. The quantitative estimate of drug-likeness (QED) is 0.504. The number of cyclic esters (lactones) is 1. The van der Waals surface area contributed by atoms with E-state index in [1.54, 1.807) is 12.1 Å². The molecule has 0 radical (unpaired) electrons. The summed E-state index contributed by atoms with van der Waals surface area (Å²) in [6.45, 7) is 0.302. The number of benzene rings is 1. The third-order valence-corrected chi connectivity index (χ3v) is 4.68. The van der Waals surface area contributed by atoms with Crippen LogP contribution in [0.2, 0.25) is 0 Å². The van der Waals surface area contributed by atoms with E-state index < -0.39 is 11.9 Å². The van der Waals surface area contributed by atoms with Gasteiger partial charge in [-0.15, -0.1) is 11.3 Å². The van der Waals surface area contributed by atoms with E-state index in [9.17, 15) is 14.4 Å². The highest BCUT2D eigenvalue weighted by molar-refractivity contribution is 7.16.